The van der Waals surface area contributed by atoms with E-state index in [4.69, 9.17) is 0 Å². The molecule has 0 fully saturated rings. The molecule has 0 radical (unpaired) electrons. The summed E-state index contributed by atoms with van der Waals surface area (Å²) in [6.07, 6.45) is -4.45. The second kappa shape index (κ2) is 6.23. The zero-order valence-corrected chi connectivity index (χ0v) is 12.9. The molecule has 2 aromatic rings. The van der Waals surface area contributed by atoms with Crippen molar-refractivity contribution in [2.45, 2.75) is 17.6 Å². The molecule has 0 bridgehead atoms. The Kier molecular flexibility index (Phi) is 4.73. The Morgan fingerprint density at radius 3 is 2.64 bits per heavy atom. The van der Waals surface area contributed by atoms with Crippen LogP contribution >= 0.6 is 11.3 Å². The smallest absolute Gasteiger partial charge is 0.379 e. The van der Waals surface area contributed by atoms with Gasteiger partial charge in [0.25, 0.3) is 0 Å². The van der Waals surface area contributed by atoms with Crippen LogP contribution in [0.25, 0.3) is 0 Å². The van der Waals surface area contributed by atoms with Gasteiger partial charge in [-0.1, -0.05) is 6.07 Å². The van der Waals surface area contributed by atoms with Crippen molar-refractivity contribution < 1.29 is 21.6 Å². The monoisotopic (exact) mass is 351 g/mol. The van der Waals surface area contributed by atoms with Gasteiger partial charge in [-0.3, -0.25) is 0 Å². The largest absolute Gasteiger partial charge is 0.443 e. The molecule has 1 heterocycles. The van der Waals surface area contributed by atoms with E-state index in [1.807, 2.05) is 0 Å². The molecule has 120 valence electrons. The standard InChI is InChI=1S/C12H12F3N3O2S2/c1-16-22(19,20)10-4-2-3-8(5-10)17-6-9-7-21-11(18-9)12(13,14)15/h2-5,7,16-17H,6H2,1H3. The van der Waals surface area contributed by atoms with Crippen LogP contribution in [0, 0.1) is 0 Å². The third-order valence-corrected chi connectivity index (χ3v) is 5.03. The first-order valence-electron chi connectivity index (χ1n) is 6.01. The van der Waals surface area contributed by atoms with Crippen molar-refractivity contribution in [3.8, 4) is 0 Å². The Morgan fingerprint density at radius 1 is 1.32 bits per heavy atom. The van der Waals surface area contributed by atoms with Gasteiger partial charge in [0.15, 0.2) is 5.01 Å². The van der Waals surface area contributed by atoms with Crippen LogP contribution in [-0.2, 0) is 22.7 Å². The van der Waals surface area contributed by atoms with Crippen molar-refractivity contribution in [3.63, 3.8) is 0 Å². The average molecular weight is 351 g/mol. The lowest BCUT2D eigenvalue weighted by atomic mass is 10.3. The first kappa shape index (κ1) is 16.7. The number of alkyl halides is 3. The summed E-state index contributed by atoms with van der Waals surface area (Å²) in [4.78, 5) is 3.55. The van der Waals surface area contributed by atoms with Gasteiger partial charge in [0.1, 0.15) is 0 Å². The van der Waals surface area contributed by atoms with Gasteiger partial charge in [0.2, 0.25) is 10.0 Å². The van der Waals surface area contributed by atoms with E-state index in [2.05, 4.69) is 15.0 Å². The molecule has 10 heteroatoms. The summed E-state index contributed by atoms with van der Waals surface area (Å²) in [5.74, 6) is 0. The molecule has 1 aromatic carbocycles. The first-order valence-corrected chi connectivity index (χ1v) is 8.38. The number of hydrogen-bond donors (Lipinski definition) is 2. The Bertz CT molecular complexity index is 757. The zero-order valence-electron chi connectivity index (χ0n) is 11.3. The van der Waals surface area contributed by atoms with E-state index in [0.717, 1.165) is 0 Å². The lowest BCUT2D eigenvalue weighted by Crippen LogP contribution is -2.18. The molecule has 22 heavy (non-hydrogen) atoms. The Balaban J connectivity index is 2.09. The fourth-order valence-corrected chi connectivity index (χ4v) is 3.06. The molecule has 0 saturated heterocycles. The van der Waals surface area contributed by atoms with Gasteiger partial charge in [-0.25, -0.2) is 18.1 Å². The molecule has 0 aliphatic rings. The highest BCUT2D eigenvalue weighted by Crippen LogP contribution is 2.31. The number of anilines is 1. The maximum absolute atomic E-state index is 12.4. The molecule has 0 atom stereocenters. The van der Waals surface area contributed by atoms with Gasteiger partial charge >= 0.3 is 6.18 Å². The third-order valence-electron chi connectivity index (χ3n) is 2.68. The quantitative estimate of drug-likeness (QED) is 0.869. The van der Waals surface area contributed by atoms with Gasteiger partial charge in [0, 0.05) is 11.1 Å². The van der Waals surface area contributed by atoms with Gasteiger partial charge in [-0.15, -0.1) is 11.3 Å². The van der Waals surface area contributed by atoms with E-state index in [0.29, 0.717) is 17.0 Å². The molecular weight excluding hydrogens is 339 g/mol. The van der Waals surface area contributed by atoms with Crippen LogP contribution in [0.2, 0.25) is 0 Å². The highest BCUT2D eigenvalue weighted by atomic mass is 32.2. The number of sulfonamides is 1. The first-order chi connectivity index (χ1) is 10.2. The number of nitrogens with zero attached hydrogens (tertiary/aromatic N) is 1. The lowest BCUT2D eigenvalue weighted by molar-refractivity contribution is -0.137. The summed E-state index contributed by atoms with van der Waals surface area (Å²) in [5, 5.41) is 3.25. The summed E-state index contributed by atoms with van der Waals surface area (Å²) in [6.45, 7) is 0.0651. The summed E-state index contributed by atoms with van der Waals surface area (Å²) in [6, 6.07) is 5.96. The number of hydrogen-bond acceptors (Lipinski definition) is 5. The fourth-order valence-electron chi connectivity index (χ4n) is 1.60. The molecule has 0 aliphatic heterocycles. The zero-order chi connectivity index (χ0) is 16.4. The highest BCUT2D eigenvalue weighted by Gasteiger charge is 2.34. The molecule has 0 spiro atoms. The number of nitrogens with one attached hydrogen (secondary N) is 2. The molecule has 0 saturated carbocycles. The van der Waals surface area contributed by atoms with Crippen molar-refractivity contribution >= 4 is 27.0 Å². The number of rotatable bonds is 5. The van der Waals surface area contributed by atoms with Crippen LogP contribution in [-0.4, -0.2) is 20.4 Å². The molecule has 0 amide bonds. The van der Waals surface area contributed by atoms with Gasteiger partial charge in [-0.2, -0.15) is 13.2 Å². The molecule has 1 aromatic heterocycles. The number of halogens is 3. The number of benzene rings is 1. The van der Waals surface area contributed by atoms with Crippen LogP contribution in [0.4, 0.5) is 18.9 Å². The van der Waals surface area contributed by atoms with Crippen molar-refractivity contribution in [2.24, 2.45) is 0 Å². The summed E-state index contributed by atoms with van der Waals surface area (Å²) in [5.41, 5.74) is 0.706. The normalized spacial score (nSPS) is 12.4. The van der Waals surface area contributed by atoms with E-state index >= 15 is 0 Å². The second-order valence-electron chi connectivity index (χ2n) is 4.23. The summed E-state index contributed by atoms with van der Waals surface area (Å²) < 4.78 is 62.8. The molecule has 2 N–H and O–H groups in total. The Morgan fingerprint density at radius 2 is 2.05 bits per heavy atom. The predicted molar refractivity (Wildman–Crippen MR) is 77.1 cm³/mol. The minimum absolute atomic E-state index is 0.0641. The maximum Gasteiger partial charge on any atom is 0.443 e. The molecule has 5 nitrogen and oxygen atoms in total. The second-order valence-corrected chi connectivity index (χ2v) is 6.98. The van der Waals surface area contributed by atoms with Crippen LogP contribution in [0.15, 0.2) is 34.5 Å². The fraction of sp³-hybridized carbons (Fsp3) is 0.250. The van der Waals surface area contributed by atoms with E-state index < -0.39 is 21.2 Å². The van der Waals surface area contributed by atoms with Crippen molar-refractivity contribution in [1.29, 1.82) is 0 Å². The molecule has 2 rings (SSSR count). The summed E-state index contributed by atoms with van der Waals surface area (Å²) >= 11 is 0.521. The highest BCUT2D eigenvalue weighted by molar-refractivity contribution is 7.89. The van der Waals surface area contributed by atoms with E-state index in [-0.39, 0.29) is 17.1 Å². The van der Waals surface area contributed by atoms with Crippen LogP contribution in [0.1, 0.15) is 10.7 Å². The maximum atomic E-state index is 12.4. The third kappa shape index (κ3) is 3.96. The lowest BCUT2D eigenvalue weighted by Gasteiger charge is -2.07. The minimum atomic E-state index is -4.45. The minimum Gasteiger partial charge on any atom is -0.379 e. The van der Waals surface area contributed by atoms with Gasteiger partial charge < -0.3 is 5.32 Å². The molecular formula is C12H12F3N3O2S2. The van der Waals surface area contributed by atoms with E-state index in [1.165, 1.54) is 30.6 Å². The van der Waals surface area contributed by atoms with E-state index in [9.17, 15) is 21.6 Å². The van der Waals surface area contributed by atoms with Gasteiger partial charge in [-0.05, 0) is 25.2 Å². The van der Waals surface area contributed by atoms with Crippen LogP contribution in [0.5, 0.6) is 0 Å². The molecule has 0 unspecified atom stereocenters. The van der Waals surface area contributed by atoms with Gasteiger partial charge in [0.05, 0.1) is 17.1 Å². The SMILES string of the molecule is CNS(=O)(=O)c1cccc(NCc2csc(C(F)(F)F)n2)c1. The predicted octanol–water partition coefficient (Wildman–Crippen LogP) is 2.68. The Hall–Kier alpha value is -1.65. The summed E-state index contributed by atoms with van der Waals surface area (Å²) in [7, 11) is -2.28. The van der Waals surface area contributed by atoms with Crippen molar-refractivity contribution in [1.82, 2.24) is 9.71 Å². The van der Waals surface area contributed by atoms with Crippen LogP contribution < -0.4 is 10.0 Å². The molecule has 0 aliphatic carbocycles. The van der Waals surface area contributed by atoms with Crippen LogP contribution in [0.3, 0.4) is 0 Å². The van der Waals surface area contributed by atoms with Crippen molar-refractivity contribution in [2.75, 3.05) is 12.4 Å². The number of aromatic nitrogens is 1. The topological polar surface area (TPSA) is 71.1 Å². The number of thiazole rings is 1. The average Bonchev–Trinajstić information content (AvgIpc) is 2.94. The van der Waals surface area contributed by atoms with E-state index in [1.54, 1.807) is 6.07 Å². The van der Waals surface area contributed by atoms with Crippen molar-refractivity contribution in [3.05, 3.63) is 40.3 Å². The Labute approximate surface area is 129 Å².